The van der Waals surface area contributed by atoms with Gasteiger partial charge in [-0.15, -0.1) is 0 Å². The summed E-state index contributed by atoms with van der Waals surface area (Å²) in [5, 5.41) is 6.17. The van der Waals surface area contributed by atoms with Crippen molar-refractivity contribution in [3.8, 4) is 0 Å². The Bertz CT molecular complexity index is 1030. The van der Waals surface area contributed by atoms with Crippen molar-refractivity contribution in [3.05, 3.63) is 35.4 Å². The lowest BCUT2D eigenvalue weighted by molar-refractivity contribution is -0.141. The van der Waals surface area contributed by atoms with Crippen LogP contribution in [-0.2, 0) is 26.3 Å². The molecule has 1 aromatic rings. The van der Waals surface area contributed by atoms with E-state index in [-0.39, 0.29) is 0 Å². The van der Waals surface area contributed by atoms with Gasteiger partial charge in [0.1, 0.15) is 17.6 Å². The van der Waals surface area contributed by atoms with Crippen LogP contribution in [0.4, 0.5) is 9.59 Å². The first-order valence-electron chi connectivity index (χ1n) is 11.0. The molecule has 1 saturated carbocycles. The second-order valence-corrected chi connectivity index (χ2v) is 8.99. The maximum atomic E-state index is 13.3. The lowest BCUT2D eigenvalue weighted by Gasteiger charge is -2.33. The highest BCUT2D eigenvalue weighted by molar-refractivity contribution is 6.11. The fourth-order valence-corrected chi connectivity index (χ4v) is 5.47. The molecule has 4 aliphatic rings. The number of carbonyl (C=O) groups is 5. The molecule has 7 amide bonds. The number of urea groups is 2. The molecule has 168 valence electrons. The molecular formula is C22H25N5O5. The Morgan fingerprint density at radius 3 is 2.44 bits per heavy atom. The molecule has 1 atom stereocenters. The van der Waals surface area contributed by atoms with Crippen LogP contribution in [0, 0.1) is 0 Å². The van der Waals surface area contributed by atoms with E-state index in [9.17, 15) is 24.0 Å². The van der Waals surface area contributed by atoms with Gasteiger partial charge < -0.3 is 10.6 Å². The molecule has 3 N–H and O–H groups in total. The SMILES string of the molecule is O=C(CN1C(=O)NC2(CCCc3ccccc32)C1=O)NN1C(=O)NC2(CCCCC2)C1=O. The number of hydrazine groups is 1. The van der Waals surface area contributed by atoms with Crippen LogP contribution >= 0.6 is 0 Å². The number of nitrogens with one attached hydrogen (secondary N) is 3. The summed E-state index contributed by atoms with van der Waals surface area (Å²) in [6.07, 6.45) is 5.68. The van der Waals surface area contributed by atoms with Crippen LogP contribution in [-0.4, -0.2) is 51.8 Å². The summed E-state index contributed by atoms with van der Waals surface area (Å²) in [5.74, 6) is -1.78. The predicted octanol–water partition coefficient (Wildman–Crippen LogP) is 1.06. The Morgan fingerprint density at radius 1 is 0.906 bits per heavy atom. The highest BCUT2D eigenvalue weighted by Gasteiger charge is 2.55. The molecule has 0 radical (unpaired) electrons. The average Bonchev–Trinajstić information content (AvgIpc) is 3.15. The van der Waals surface area contributed by atoms with Gasteiger partial charge >= 0.3 is 12.1 Å². The molecule has 32 heavy (non-hydrogen) atoms. The quantitative estimate of drug-likeness (QED) is 0.607. The molecular weight excluding hydrogens is 414 g/mol. The number of aryl methyl sites for hydroxylation is 1. The van der Waals surface area contributed by atoms with Crippen molar-refractivity contribution in [1.29, 1.82) is 0 Å². The van der Waals surface area contributed by atoms with Gasteiger partial charge in [0.25, 0.3) is 17.7 Å². The normalized spacial score (nSPS) is 26.4. The highest BCUT2D eigenvalue weighted by atomic mass is 16.2. The van der Waals surface area contributed by atoms with E-state index < -0.39 is 47.4 Å². The van der Waals surface area contributed by atoms with E-state index in [1.165, 1.54) is 0 Å². The van der Waals surface area contributed by atoms with Gasteiger partial charge in [-0.25, -0.2) is 9.59 Å². The van der Waals surface area contributed by atoms with Crippen molar-refractivity contribution >= 4 is 29.8 Å². The number of fused-ring (bicyclic) bond motifs is 2. The van der Waals surface area contributed by atoms with Gasteiger partial charge in [0, 0.05) is 0 Å². The third-order valence-electron chi connectivity index (χ3n) is 7.06. The summed E-state index contributed by atoms with van der Waals surface area (Å²) in [5.41, 5.74) is 1.88. The minimum absolute atomic E-state index is 0.447. The van der Waals surface area contributed by atoms with Gasteiger partial charge in [0.05, 0.1) is 0 Å². The molecule has 10 nitrogen and oxygen atoms in total. The van der Waals surface area contributed by atoms with Crippen LogP contribution in [0.25, 0.3) is 0 Å². The zero-order valence-electron chi connectivity index (χ0n) is 17.6. The lowest BCUT2D eigenvalue weighted by atomic mass is 9.76. The van der Waals surface area contributed by atoms with Crippen LogP contribution in [0.15, 0.2) is 24.3 Å². The fourth-order valence-electron chi connectivity index (χ4n) is 5.47. The number of hydrogen-bond acceptors (Lipinski definition) is 5. The van der Waals surface area contributed by atoms with E-state index in [0.717, 1.165) is 48.1 Å². The monoisotopic (exact) mass is 439 g/mol. The minimum Gasteiger partial charge on any atom is -0.322 e. The summed E-state index contributed by atoms with van der Waals surface area (Å²) in [4.78, 5) is 64.7. The Balaban J connectivity index is 1.31. The van der Waals surface area contributed by atoms with Crippen molar-refractivity contribution in [2.24, 2.45) is 0 Å². The number of imide groups is 2. The van der Waals surface area contributed by atoms with Gasteiger partial charge in [-0.1, -0.05) is 43.5 Å². The number of benzene rings is 1. The zero-order valence-corrected chi connectivity index (χ0v) is 17.6. The van der Waals surface area contributed by atoms with Crippen LogP contribution in [0.3, 0.4) is 0 Å². The van der Waals surface area contributed by atoms with Gasteiger partial charge in [-0.2, -0.15) is 5.01 Å². The standard InChI is InChI=1S/C22H25N5O5/c28-16(25-27-17(29)21(23-20(27)32)10-4-1-5-11-21)13-26-18(30)22(24-19(26)31)12-6-8-14-7-2-3-9-15(14)22/h2-3,7,9H,1,4-6,8,10-13H2,(H,23,32)(H,24,31)(H,25,28). The van der Waals surface area contributed by atoms with Gasteiger partial charge in [0.15, 0.2) is 0 Å². The van der Waals surface area contributed by atoms with Gasteiger partial charge in [-0.3, -0.25) is 24.7 Å². The topological polar surface area (TPSA) is 128 Å². The first kappa shape index (κ1) is 20.5. The molecule has 10 heteroatoms. The molecule has 1 unspecified atom stereocenters. The van der Waals surface area contributed by atoms with Gasteiger partial charge in [0.2, 0.25) is 0 Å². The molecule has 2 aliphatic carbocycles. The van der Waals surface area contributed by atoms with Crippen LogP contribution in [0.5, 0.6) is 0 Å². The highest BCUT2D eigenvalue weighted by Crippen LogP contribution is 2.40. The van der Waals surface area contributed by atoms with E-state index in [1.54, 1.807) is 0 Å². The second-order valence-electron chi connectivity index (χ2n) is 8.99. The summed E-state index contributed by atoms with van der Waals surface area (Å²) < 4.78 is 0. The summed E-state index contributed by atoms with van der Waals surface area (Å²) in [6, 6.07) is 6.11. The van der Waals surface area contributed by atoms with E-state index in [4.69, 9.17) is 0 Å². The van der Waals surface area contributed by atoms with E-state index in [1.807, 2.05) is 24.3 Å². The predicted molar refractivity (Wildman–Crippen MR) is 111 cm³/mol. The third-order valence-corrected chi connectivity index (χ3v) is 7.06. The van der Waals surface area contributed by atoms with Crippen molar-refractivity contribution in [2.75, 3.05) is 6.54 Å². The average molecular weight is 439 g/mol. The molecule has 1 aromatic carbocycles. The Morgan fingerprint density at radius 2 is 1.66 bits per heavy atom. The van der Waals surface area contributed by atoms with Gasteiger partial charge in [-0.05, 0) is 43.2 Å². The first-order chi connectivity index (χ1) is 15.4. The maximum Gasteiger partial charge on any atom is 0.344 e. The van der Waals surface area contributed by atoms with E-state index >= 15 is 0 Å². The van der Waals surface area contributed by atoms with Crippen molar-refractivity contribution < 1.29 is 24.0 Å². The van der Waals surface area contributed by atoms with Crippen molar-refractivity contribution in [3.63, 3.8) is 0 Å². The second kappa shape index (κ2) is 7.32. The molecule has 5 rings (SSSR count). The summed E-state index contributed by atoms with van der Waals surface area (Å²) >= 11 is 0. The maximum absolute atomic E-state index is 13.3. The number of hydrogen-bond donors (Lipinski definition) is 3. The summed E-state index contributed by atoms with van der Waals surface area (Å²) in [7, 11) is 0. The van der Waals surface area contributed by atoms with Crippen LogP contribution in [0.2, 0.25) is 0 Å². The Kier molecular flexibility index (Phi) is 4.68. The molecule has 2 spiro atoms. The number of amides is 7. The molecule has 3 fully saturated rings. The molecule has 2 aliphatic heterocycles. The fraction of sp³-hybridized carbons (Fsp3) is 0.500. The van der Waals surface area contributed by atoms with Crippen molar-refractivity contribution in [2.45, 2.75) is 62.4 Å². The molecule has 0 aromatic heterocycles. The van der Waals surface area contributed by atoms with E-state index in [2.05, 4.69) is 16.1 Å². The number of carbonyl (C=O) groups excluding carboxylic acids is 5. The molecule has 2 saturated heterocycles. The lowest BCUT2D eigenvalue weighted by Crippen LogP contribution is -2.53. The van der Waals surface area contributed by atoms with Crippen LogP contribution < -0.4 is 16.1 Å². The largest absolute Gasteiger partial charge is 0.344 e. The molecule has 2 heterocycles. The van der Waals surface area contributed by atoms with Crippen LogP contribution in [0.1, 0.15) is 56.1 Å². The number of rotatable bonds is 3. The summed E-state index contributed by atoms with van der Waals surface area (Å²) in [6.45, 7) is -0.585. The Hall–Kier alpha value is -3.43. The van der Waals surface area contributed by atoms with E-state index in [0.29, 0.717) is 24.3 Å². The third kappa shape index (κ3) is 2.96. The smallest absolute Gasteiger partial charge is 0.322 e. The Labute approximate surface area is 184 Å². The molecule has 0 bridgehead atoms. The number of nitrogens with zero attached hydrogens (tertiary/aromatic N) is 2. The first-order valence-corrected chi connectivity index (χ1v) is 11.0. The zero-order chi connectivity index (χ0) is 22.5. The van der Waals surface area contributed by atoms with Crippen molar-refractivity contribution in [1.82, 2.24) is 26.0 Å². The minimum atomic E-state index is -1.18.